The lowest BCUT2D eigenvalue weighted by atomic mass is 10.2. The lowest BCUT2D eigenvalue weighted by Gasteiger charge is -2.04. The van der Waals surface area contributed by atoms with Gasteiger partial charge in [0.15, 0.2) is 5.82 Å². The molecule has 3 aromatic rings. The third-order valence-corrected chi connectivity index (χ3v) is 5.13. The van der Waals surface area contributed by atoms with E-state index in [0.29, 0.717) is 5.82 Å². The van der Waals surface area contributed by atoms with E-state index in [1.54, 1.807) is 24.3 Å². The number of sulfonamides is 1. The maximum Gasteiger partial charge on any atom is 0.263 e. The molecule has 7 heteroatoms. The molecule has 3 rings (SSSR count). The van der Waals surface area contributed by atoms with E-state index in [1.807, 2.05) is 37.3 Å². The Labute approximate surface area is 132 Å². The minimum Gasteiger partial charge on any atom is -0.253 e. The normalized spacial score (nSPS) is 11.3. The Morgan fingerprint density at radius 3 is 2.36 bits per heavy atom. The van der Waals surface area contributed by atoms with Crippen molar-refractivity contribution in [3.63, 3.8) is 0 Å². The number of rotatable bonds is 4. The first-order valence-electron chi connectivity index (χ1n) is 6.53. The van der Waals surface area contributed by atoms with E-state index in [-0.39, 0.29) is 10.0 Å². The van der Waals surface area contributed by atoms with Gasteiger partial charge in [-0.05, 0) is 19.1 Å². The number of aromatic nitrogens is 2. The largest absolute Gasteiger partial charge is 0.263 e. The molecule has 112 valence electrons. The van der Waals surface area contributed by atoms with E-state index in [0.717, 1.165) is 22.7 Å². The lowest BCUT2D eigenvalue weighted by Crippen LogP contribution is -2.12. The van der Waals surface area contributed by atoms with Gasteiger partial charge in [-0.2, -0.15) is 9.36 Å². The predicted molar refractivity (Wildman–Crippen MR) is 87.3 cm³/mol. The van der Waals surface area contributed by atoms with Crippen molar-refractivity contribution in [3.05, 3.63) is 60.2 Å². The fraction of sp³-hybridized carbons (Fsp3) is 0.0667. The summed E-state index contributed by atoms with van der Waals surface area (Å²) in [6.45, 7) is 1.90. The zero-order valence-electron chi connectivity index (χ0n) is 11.7. The highest BCUT2D eigenvalue weighted by atomic mass is 32.2. The van der Waals surface area contributed by atoms with Crippen LogP contribution in [0.15, 0.2) is 59.5 Å². The molecule has 0 spiro atoms. The topological polar surface area (TPSA) is 72.0 Å². The summed E-state index contributed by atoms with van der Waals surface area (Å²) in [5.74, 6) is 0.507. The van der Waals surface area contributed by atoms with E-state index < -0.39 is 10.0 Å². The van der Waals surface area contributed by atoms with Crippen molar-refractivity contribution in [2.75, 3.05) is 4.72 Å². The van der Waals surface area contributed by atoms with Gasteiger partial charge in [0, 0.05) is 17.1 Å². The van der Waals surface area contributed by atoms with Crippen molar-refractivity contribution >= 4 is 26.7 Å². The third kappa shape index (κ3) is 3.15. The second-order valence-corrected chi connectivity index (χ2v) is 7.14. The standard InChI is InChI=1S/C15H13N3O2S2/c1-11-7-9-13(10-8-11)22(19,20)18-15-16-14(17-21-15)12-5-3-2-4-6-12/h2-10H,1H3,(H,16,17,18). The molecule has 0 saturated carbocycles. The number of nitrogens with one attached hydrogen (secondary N) is 1. The Balaban J connectivity index is 1.84. The van der Waals surface area contributed by atoms with Crippen LogP contribution in [0.4, 0.5) is 5.13 Å². The second-order valence-electron chi connectivity index (χ2n) is 4.71. The number of hydrogen-bond donors (Lipinski definition) is 1. The molecule has 0 saturated heterocycles. The molecule has 1 aromatic heterocycles. The maximum absolute atomic E-state index is 12.3. The molecule has 5 nitrogen and oxygen atoms in total. The third-order valence-electron chi connectivity index (χ3n) is 3.01. The van der Waals surface area contributed by atoms with Crippen LogP contribution >= 0.6 is 11.5 Å². The summed E-state index contributed by atoms with van der Waals surface area (Å²) < 4.78 is 31.2. The van der Waals surface area contributed by atoms with Crippen molar-refractivity contribution in [2.24, 2.45) is 0 Å². The van der Waals surface area contributed by atoms with E-state index in [4.69, 9.17) is 0 Å². The van der Waals surface area contributed by atoms with Gasteiger partial charge in [-0.3, -0.25) is 4.72 Å². The highest BCUT2D eigenvalue weighted by Gasteiger charge is 2.16. The summed E-state index contributed by atoms with van der Waals surface area (Å²) in [6.07, 6.45) is 0. The van der Waals surface area contributed by atoms with Crippen LogP contribution in [0.1, 0.15) is 5.56 Å². The highest BCUT2D eigenvalue weighted by Crippen LogP contribution is 2.23. The van der Waals surface area contributed by atoms with Crippen LogP contribution in [0.5, 0.6) is 0 Å². The van der Waals surface area contributed by atoms with Crippen molar-refractivity contribution in [2.45, 2.75) is 11.8 Å². The van der Waals surface area contributed by atoms with Crippen LogP contribution in [0, 0.1) is 6.92 Å². The molecule has 0 fully saturated rings. The summed E-state index contributed by atoms with van der Waals surface area (Å²) in [4.78, 5) is 4.43. The second kappa shape index (κ2) is 5.86. The molecule has 0 aliphatic carbocycles. The molecular formula is C15H13N3O2S2. The first-order valence-corrected chi connectivity index (χ1v) is 8.79. The summed E-state index contributed by atoms with van der Waals surface area (Å²) >= 11 is 1.02. The Morgan fingerprint density at radius 1 is 1.00 bits per heavy atom. The van der Waals surface area contributed by atoms with Gasteiger partial charge < -0.3 is 0 Å². The minimum atomic E-state index is -3.64. The zero-order valence-corrected chi connectivity index (χ0v) is 13.4. The van der Waals surface area contributed by atoms with Crippen LogP contribution < -0.4 is 4.72 Å². The molecule has 1 heterocycles. The molecule has 0 aliphatic rings. The molecule has 22 heavy (non-hydrogen) atoms. The quantitative estimate of drug-likeness (QED) is 0.796. The van der Waals surface area contributed by atoms with Crippen molar-refractivity contribution < 1.29 is 8.42 Å². The Hall–Kier alpha value is -2.25. The fourth-order valence-corrected chi connectivity index (χ4v) is 3.67. The summed E-state index contributed by atoms with van der Waals surface area (Å²) in [5.41, 5.74) is 1.85. The van der Waals surface area contributed by atoms with Crippen LogP contribution in [0.25, 0.3) is 11.4 Å². The highest BCUT2D eigenvalue weighted by molar-refractivity contribution is 7.93. The van der Waals surface area contributed by atoms with Crippen molar-refractivity contribution in [1.82, 2.24) is 9.36 Å². The molecule has 0 aliphatic heterocycles. The molecule has 0 amide bonds. The molecule has 2 aromatic carbocycles. The molecule has 0 atom stereocenters. The smallest absolute Gasteiger partial charge is 0.253 e. The van der Waals surface area contributed by atoms with Gasteiger partial charge in [-0.15, -0.1) is 0 Å². The van der Waals surface area contributed by atoms with Gasteiger partial charge in [0.05, 0.1) is 4.90 Å². The predicted octanol–water partition coefficient (Wildman–Crippen LogP) is 3.31. The zero-order chi connectivity index (χ0) is 15.6. The first kappa shape index (κ1) is 14.7. The average molecular weight is 331 g/mol. The van der Waals surface area contributed by atoms with Gasteiger partial charge >= 0.3 is 0 Å². The number of anilines is 1. The molecule has 1 N–H and O–H groups in total. The van der Waals surface area contributed by atoms with Crippen LogP contribution in [0.2, 0.25) is 0 Å². The SMILES string of the molecule is Cc1ccc(S(=O)(=O)Nc2nc(-c3ccccc3)ns2)cc1. The van der Waals surface area contributed by atoms with Gasteiger partial charge in [-0.1, -0.05) is 48.0 Å². The Bertz CT molecular complexity index is 873. The van der Waals surface area contributed by atoms with Gasteiger partial charge in [-0.25, -0.2) is 8.42 Å². The summed E-state index contributed by atoms with van der Waals surface area (Å²) in [5, 5.41) is 0.249. The van der Waals surface area contributed by atoms with Crippen LogP contribution in [-0.4, -0.2) is 17.8 Å². The Kier molecular flexibility index (Phi) is 3.91. The van der Waals surface area contributed by atoms with Gasteiger partial charge in [0.25, 0.3) is 10.0 Å². The van der Waals surface area contributed by atoms with Crippen LogP contribution in [0.3, 0.4) is 0 Å². The van der Waals surface area contributed by atoms with E-state index in [2.05, 4.69) is 14.1 Å². The van der Waals surface area contributed by atoms with E-state index in [9.17, 15) is 8.42 Å². The van der Waals surface area contributed by atoms with Crippen molar-refractivity contribution in [3.8, 4) is 11.4 Å². The van der Waals surface area contributed by atoms with Crippen LogP contribution in [-0.2, 0) is 10.0 Å². The number of benzene rings is 2. The molecule has 0 bridgehead atoms. The van der Waals surface area contributed by atoms with E-state index >= 15 is 0 Å². The summed E-state index contributed by atoms with van der Waals surface area (Å²) in [6, 6.07) is 16.1. The number of nitrogens with zero attached hydrogens (tertiary/aromatic N) is 2. The summed E-state index contributed by atoms with van der Waals surface area (Å²) in [7, 11) is -3.64. The fourth-order valence-electron chi connectivity index (χ4n) is 1.86. The Morgan fingerprint density at radius 2 is 1.68 bits per heavy atom. The molecule has 0 radical (unpaired) electrons. The average Bonchev–Trinajstić information content (AvgIpc) is 2.96. The van der Waals surface area contributed by atoms with E-state index in [1.165, 1.54) is 0 Å². The van der Waals surface area contributed by atoms with Crippen molar-refractivity contribution in [1.29, 1.82) is 0 Å². The first-order chi connectivity index (χ1) is 10.5. The molecular weight excluding hydrogens is 318 g/mol. The number of hydrogen-bond acceptors (Lipinski definition) is 5. The molecule has 0 unspecified atom stereocenters. The monoisotopic (exact) mass is 331 g/mol. The van der Waals surface area contributed by atoms with Gasteiger partial charge in [0.1, 0.15) is 0 Å². The number of aryl methyl sites for hydroxylation is 1. The lowest BCUT2D eigenvalue weighted by molar-refractivity contribution is 0.601. The maximum atomic E-state index is 12.3. The van der Waals surface area contributed by atoms with Gasteiger partial charge in [0.2, 0.25) is 5.13 Å². The minimum absolute atomic E-state index is 0.203.